The van der Waals surface area contributed by atoms with Crippen molar-refractivity contribution in [2.75, 3.05) is 23.9 Å². The number of ether oxygens (including phenoxy) is 1. The molecule has 6 nitrogen and oxygen atoms in total. The molecule has 1 aliphatic heterocycles. The molecule has 1 heterocycles. The van der Waals surface area contributed by atoms with Crippen LogP contribution in [0.4, 0.5) is 11.4 Å². The number of anilines is 2. The van der Waals surface area contributed by atoms with Gasteiger partial charge in [0.15, 0.2) is 6.61 Å². The molecule has 2 rings (SSSR count). The summed E-state index contributed by atoms with van der Waals surface area (Å²) in [5, 5.41) is 11.0. The highest BCUT2D eigenvalue weighted by atomic mass is 16.5. The Hall–Kier alpha value is -2.55. The number of amides is 2. The molecule has 0 spiro atoms. The van der Waals surface area contributed by atoms with Gasteiger partial charge in [0, 0.05) is 7.05 Å². The summed E-state index contributed by atoms with van der Waals surface area (Å²) < 4.78 is 5.28. The van der Waals surface area contributed by atoms with Gasteiger partial charge in [0.05, 0.1) is 11.8 Å². The predicted molar refractivity (Wildman–Crippen MR) is 64.2 cm³/mol. The first-order chi connectivity index (χ1) is 8.63. The molecule has 92 valence electrons. The Kier molecular flexibility index (Phi) is 3.15. The van der Waals surface area contributed by atoms with Crippen LogP contribution in [0, 0.1) is 11.3 Å². The molecule has 0 saturated carbocycles. The number of nitrogens with one attached hydrogen (secondary N) is 1. The number of nitrogens with zero attached hydrogens (tertiary/aromatic N) is 2. The zero-order valence-electron chi connectivity index (χ0n) is 9.77. The van der Waals surface area contributed by atoms with Gasteiger partial charge in [-0.05, 0) is 12.1 Å². The van der Waals surface area contributed by atoms with Crippen molar-refractivity contribution < 1.29 is 14.3 Å². The Bertz CT molecular complexity index is 548. The molecule has 1 aromatic carbocycles. The summed E-state index contributed by atoms with van der Waals surface area (Å²) in [6, 6.07) is 6.86. The van der Waals surface area contributed by atoms with Gasteiger partial charge in [0.2, 0.25) is 5.91 Å². The Labute approximate surface area is 104 Å². The van der Waals surface area contributed by atoms with Crippen LogP contribution in [0.15, 0.2) is 18.2 Å². The van der Waals surface area contributed by atoms with E-state index in [2.05, 4.69) is 5.32 Å². The summed E-state index contributed by atoms with van der Waals surface area (Å²) >= 11 is 0. The zero-order chi connectivity index (χ0) is 13.1. The molecule has 0 unspecified atom stereocenters. The van der Waals surface area contributed by atoms with Crippen LogP contribution < -0.4 is 15.0 Å². The first kappa shape index (κ1) is 11.9. The van der Waals surface area contributed by atoms with Crippen molar-refractivity contribution in [2.45, 2.75) is 6.42 Å². The second kappa shape index (κ2) is 4.75. The molecular formula is C12H11N3O3. The fourth-order valence-electron chi connectivity index (χ4n) is 1.71. The maximum atomic E-state index is 11.6. The van der Waals surface area contributed by atoms with Crippen LogP contribution in [-0.4, -0.2) is 25.5 Å². The normalized spacial score (nSPS) is 13.3. The smallest absolute Gasteiger partial charge is 0.264 e. The lowest BCUT2D eigenvalue weighted by Gasteiger charge is -2.28. The lowest BCUT2D eigenvalue weighted by molar-refractivity contribution is -0.121. The molecule has 6 heteroatoms. The van der Waals surface area contributed by atoms with Crippen molar-refractivity contribution in [1.82, 2.24) is 0 Å². The molecule has 1 aliphatic rings. The number of benzene rings is 1. The van der Waals surface area contributed by atoms with E-state index in [0.717, 1.165) is 0 Å². The monoisotopic (exact) mass is 245 g/mol. The summed E-state index contributed by atoms with van der Waals surface area (Å²) in [7, 11) is 1.61. The Morgan fingerprint density at radius 2 is 2.39 bits per heavy atom. The van der Waals surface area contributed by atoms with Crippen LogP contribution >= 0.6 is 0 Å². The molecule has 2 amide bonds. The van der Waals surface area contributed by atoms with Crippen LogP contribution in [0.2, 0.25) is 0 Å². The summed E-state index contributed by atoms with van der Waals surface area (Å²) in [6.45, 7) is -0.0148. The Balaban J connectivity index is 2.35. The number of rotatable bonds is 2. The topological polar surface area (TPSA) is 82.4 Å². The van der Waals surface area contributed by atoms with Gasteiger partial charge in [-0.3, -0.25) is 9.59 Å². The van der Waals surface area contributed by atoms with Crippen LogP contribution in [-0.2, 0) is 9.59 Å². The van der Waals surface area contributed by atoms with Gasteiger partial charge in [-0.1, -0.05) is 6.07 Å². The lowest BCUT2D eigenvalue weighted by atomic mass is 10.2. The minimum atomic E-state index is -0.419. The second-order valence-corrected chi connectivity index (χ2v) is 3.78. The highest BCUT2D eigenvalue weighted by molar-refractivity contribution is 6.04. The van der Waals surface area contributed by atoms with Crippen molar-refractivity contribution in [1.29, 1.82) is 5.26 Å². The third-order valence-electron chi connectivity index (χ3n) is 2.57. The van der Waals surface area contributed by atoms with E-state index in [4.69, 9.17) is 10.00 Å². The second-order valence-electron chi connectivity index (χ2n) is 3.78. The van der Waals surface area contributed by atoms with E-state index in [1.165, 1.54) is 4.90 Å². The van der Waals surface area contributed by atoms with Crippen molar-refractivity contribution in [3.63, 3.8) is 0 Å². The first-order valence-electron chi connectivity index (χ1n) is 5.32. The molecule has 1 aromatic rings. The van der Waals surface area contributed by atoms with E-state index >= 15 is 0 Å². The van der Waals surface area contributed by atoms with Gasteiger partial charge in [-0.2, -0.15) is 5.26 Å². The number of nitriles is 1. The van der Waals surface area contributed by atoms with Crippen molar-refractivity contribution in [3.8, 4) is 11.8 Å². The van der Waals surface area contributed by atoms with Crippen molar-refractivity contribution in [3.05, 3.63) is 18.2 Å². The van der Waals surface area contributed by atoms with E-state index < -0.39 is 5.91 Å². The van der Waals surface area contributed by atoms with Crippen molar-refractivity contribution in [2.24, 2.45) is 0 Å². The number of carbonyl (C=O) groups excluding carboxylic acids is 2. The number of para-hydroxylation sites is 1. The van der Waals surface area contributed by atoms with Crippen LogP contribution in [0.3, 0.4) is 0 Å². The van der Waals surface area contributed by atoms with E-state index in [-0.39, 0.29) is 18.9 Å². The van der Waals surface area contributed by atoms with E-state index in [1.54, 1.807) is 31.3 Å². The Morgan fingerprint density at radius 3 is 3.11 bits per heavy atom. The van der Waals surface area contributed by atoms with Gasteiger partial charge < -0.3 is 15.0 Å². The number of hydrogen-bond donors (Lipinski definition) is 1. The summed E-state index contributed by atoms with van der Waals surface area (Å²) in [5.41, 5.74) is 0.975. The van der Waals surface area contributed by atoms with Gasteiger partial charge in [0.1, 0.15) is 17.9 Å². The predicted octanol–water partition coefficient (Wildman–Crippen LogP) is 0.894. The van der Waals surface area contributed by atoms with Crippen molar-refractivity contribution >= 4 is 23.2 Å². The maximum Gasteiger partial charge on any atom is 0.264 e. The van der Waals surface area contributed by atoms with Gasteiger partial charge >= 0.3 is 0 Å². The van der Waals surface area contributed by atoms with Crippen LogP contribution in [0.5, 0.6) is 5.75 Å². The first-order valence-corrected chi connectivity index (χ1v) is 5.32. The van der Waals surface area contributed by atoms with Gasteiger partial charge in [0.25, 0.3) is 5.91 Å². The standard InChI is InChI=1S/C12H11N3O3/c1-15-11(17)7-18-9-4-2-3-8(12(9)15)14-10(16)5-6-13/h2-4H,5,7H2,1H3,(H,14,16). The molecule has 0 atom stereocenters. The molecule has 1 N–H and O–H groups in total. The molecule has 0 saturated heterocycles. The number of hydrogen-bond acceptors (Lipinski definition) is 4. The largest absolute Gasteiger partial charge is 0.481 e. The number of carbonyl (C=O) groups is 2. The maximum absolute atomic E-state index is 11.6. The average molecular weight is 245 g/mol. The summed E-state index contributed by atoms with van der Waals surface area (Å²) in [6.07, 6.45) is -0.234. The SMILES string of the molecule is CN1C(=O)COc2cccc(NC(=O)CC#N)c21. The van der Waals surface area contributed by atoms with Crippen LogP contribution in [0.1, 0.15) is 6.42 Å². The number of likely N-dealkylation sites (N-methyl/N-ethyl adjacent to an activating group) is 1. The zero-order valence-corrected chi connectivity index (χ0v) is 9.77. The quantitative estimate of drug-likeness (QED) is 0.838. The molecular weight excluding hydrogens is 234 g/mol. The molecule has 0 bridgehead atoms. The highest BCUT2D eigenvalue weighted by Gasteiger charge is 2.25. The van der Waals surface area contributed by atoms with E-state index in [9.17, 15) is 9.59 Å². The van der Waals surface area contributed by atoms with Gasteiger partial charge in [-0.15, -0.1) is 0 Å². The average Bonchev–Trinajstić information content (AvgIpc) is 2.34. The molecule has 18 heavy (non-hydrogen) atoms. The summed E-state index contributed by atoms with van der Waals surface area (Å²) in [5.74, 6) is -0.0753. The molecule has 0 fully saturated rings. The minimum absolute atomic E-state index is 0.0148. The lowest BCUT2D eigenvalue weighted by Crippen LogP contribution is -2.36. The van der Waals surface area contributed by atoms with Gasteiger partial charge in [-0.25, -0.2) is 0 Å². The molecule has 0 aromatic heterocycles. The third-order valence-corrected chi connectivity index (χ3v) is 2.57. The summed E-state index contributed by atoms with van der Waals surface area (Å²) in [4.78, 5) is 24.4. The van der Waals surface area contributed by atoms with E-state index in [0.29, 0.717) is 17.1 Å². The van der Waals surface area contributed by atoms with Crippen LogP contribution in [0.25, 0.3) is 0 Å². The minimum Gasteiger partial charge on any atom is -0.481 e. The molecule has 0 radical (unpaired) electrons. The number of fused-ring (bicyclic) bond motifs is 1. The Morgan fingerprint density at radius 1 is 1.61 bits per heavy atom. The highest BCUT2D eigenvalue weighted by Crippen LogP contribution is 2.37. The molecule has 0 aliphatic carbocycles. The fraction of sp³-hybridized carbons (Fsp3) is 0.250. The fourth-order valence-corrected chi connectivity index (χ4v) is 1.71. The van der Waals surface area contributed by atoms with E-state index in [1.807, 2.05) is 0 Å². The third kappa shape index (κ3) is 2.11.